The zero-order chi connectivity index (χ0) is 17.6. The molecule has 0 saturated heterocycles. The number of phenolic OH excluding ortho intramolecular Hbond substituents is 1. The average Bonchev–Trinajstić information content (AvgIpc) is 2.54. The Morgan fingerprint density at radius 3 is 2.58 bits per heavy atom. The van der Waals surface area contributed by atoms with Crippen LogP contribution in [0.5, 0.6) is 5.75 Å². The molecule has 1 aromatic carbocycles. The number of carbonyl (C=O) groups excluding carboxylic acids is 1. The molecular weight excluding hydrogens is 296 g/mol. The van der Waals surface area contributed by atoms with Crippen molar-refractivity contribution in [2.45, 2.75) is 96.3 Å². The molecule has 0 heterocycles. The highest BCUT2D eigenvalue weighted by molar-refractivity contribution is 5.80. The van der Waals surface area contributed by atoms with E-state index in [1.165, 1.54) is 37.7 Å². The van der Waals surface area contributed by atoms with Crippen molar-refractivity contribution in [1.82, 2.24) is 0 Å². The van der Waals surface area contributed by atoms with E-state index in [4.69, 9.17) is 0 Å². The minimum atomic E-state index is 0.0879. The van der Waals surface area contributed by atoms with Crippen molar-refractivity contribution < 1.29 is 9.90 Å². The van der Waals surface area contributed by atoms with Gasteiger partial charge in [0.1, 0.15) is 11.5 Å². The minimum Gasteiger partial charge on any atom is -0.508 e. The lowest BCUT2D eigenvalue weighted by atomic mass is 9.77. The number of hydrogen-bond donors (Lipinski definition) is 1. The number of aromatic hydroxyl groups is 1. The number of phenols is 1. The number of carbonyl (C=O) groups is 1. The first-order valence-corrected chi connectivity index (χ1v) is 9.79. The van der Waals surface area contributed by atoms with Gasteiger partial charge < -0.3 is 5.11 Å². The number of hydrogen-bond acceptors (Lipinski definition) is 2. The summed E-state index contributed by atoms with van der Waals surface area (Å²) >= 11 is 0. The van der Waals surface area contributed by atoms with Crippen molar-refractivity contribution in [1.29, 1.82) is 0 Å². The molecule has 0 amide bonds. The SMILES string of the molecule is CCCCCCCC(C)(C)c1ccc([C@H]2CCCC(=O)C2)c(O)c1. The minimum absolute atomic E-state index is 0.0879. The normalized spacial score (nSPS) is 18.8. The van der Waals surface area contributed by atoms with E-state index in [-0.39, 0.29) is 11.3 Å². The Morgan fingerprint density at radius 1 is 1.17 bits per heavy atom. The first-order chi connectivity index (χ1) is 11.4. The zero-order valence-corrected chi connectivity index (χ0v) is 15.7. The highest BCUT2D eigenvalue weighted by Crippen LogP contribution is 2.39. The molecule has 1 atom stereocenters. The molecule has 2 nitrogen and oxygen atoms in total. The van der Waals surface area contributed by atoms with E-state index in [0.717, 1.165) is 24.8 Å². The Morgan fingerprint density at radius 2 is 1.92 bits per heavy atom. The molecule has 2 rings (SSSR count). The molecule has 0 aromatic heterocycles. The van der Waals surface area contributed by atoms with Gasteiger partial charge in [-0.05, 0) is 47.8 Å². The molecule has 0 radical (unpaired) electrons. The quantitative estimate of drug-likeness (QED) is 0.571. The number of benzene rings is 1. The van der Waals surface area contributed by atoms with E-state index in [2.05, 4.69) is 32.9 Å². The Bertz CT molecular complexity index is 545. The van der Waals surface area contributed by atoms with Gasteiger partial charge in [-0.25, -0.2) is 0 Å². The van der Waals surface area contributed by atoms with Crippen LogP contribution in [0.25, 0.3) is 0 Å². The number of rotatable bonds is 8. The van der Waals surface area contributed by atoms with Gasteiger partial charge in [0.2, 0.25) is 0 Å². The maximum absolute atomic E-state index is 11.7. The predicted molar refractivity (Wildman–Crippen MR) is 101 cm³/mol. The van der Waals surface area contributed by atoms with Crippen molar-refractivity contribution in [3.8, 4) is 5.75 Å². The molecule has 1 aliphatic rings. The van der Waals surface area contributed by atoms with Crippen LogP contribution in [0, 0.1) is 0 Å². The van der Waals surface area contributed by atoms with E-state index >= 15 is 0 Å². The predicted octanol–water partition coefficient (Wildman–Crippen LogP) is 6.26. The Balaban J connectivity index is 2.00. The molecular formula is C22H34O2. The third-order valence-electron chi connectivity index (χ3n) is 5.64. The molecule has 24 heavy (non-hydrogen) atoms. The lowest BCUT2D eigenvalue weighted by Crippen LogP contribution is -2.18. The standard InChI is InChI=1S/C22H34O2/c1-4-5-6-7-8-14-22(2,3)18-12-13-20(21(24)16-18)17-10-9-11-19(23)15-17/h12-13,16-17,24H,4-11,14-15H2,1-3H3/t17-/m0/s1. The monoisotopic (exact) mass is 330 g/mol. The first-order valence-electron chi connectivity index (χ1n) is 9.79. The number of ketones is 1. The summed E-state index contributed by atoms with van der Waals surface area (Å²) in [6.45, 7) is 6.78. The highest BCUT2D eigenvalue weighted by atomic mass is 16.3. The van der Waals surface area contributed by atoms with Crippen LogP contribution in [-0.4, -0.2) is 10.9 Å². The summed E-state index contributed by atoms with van der Waals surface area (Å²) in [6, 6.07) is 6.17. The Kier molecular flexibility index (Phi) is 6.89. The van der Waals surface area contributed by atoms with E-state index in [1.807, 2.05) is 6.07 Å². The molecule has 0 unspecified atom stereocenters. The van der Waals surface area contributed by atoms with Crippen LogP contribution in [0.3, 0.4) is 0 Å². The van der Waals surface area contributed by atoms with Crippen molar-refractivity contribution in [2.75, 3.05) is 0 Å². The first kappa shape index (κ1) is 19.0. The highest BCUT2D eigenvalue weighted by Gasteiger charge is 2.26. The van der Waals surface area contributed by atoms with E-state index in [9.17, 15) is 9.90 Å². The van der Waals surface area contributed by atoms with Crippen molar-refractivity contribution in [3.63, 3.8) is 0 Å². The van der Waals surface area contributed by atoms with Crippen LogP contribution < -0.4 is 0 Å². The largest absolute Gasteiger partial charge is 0.508 e. The summed E-state index contributed by atoms with van der Waals surface area (Å²) in [5.41, 5.74) is 2.26. The topological polar surface area (TPSA) is 37.3 Å². The summed E-state index contributed by atoms with van der Waals surface area (Å²) < 4.78 is 0. The second kappa shape index (κ2) is 8.69. The summed E-state index contributed by atoms with van der Waals surface area (Å²) in [7, 11) is 0. The van der Waals surface area contributed by atoms with Gasteiger partial charge in [0.25, 0.3) is 0 Å². The smallest absolute Gasteiger partial charge is 0.133 e. The maximum Gasteiger partial charge on any atom is 0.133 e. The van der Waals surface area contributed by atoms with Crippen molar-refractivity contribution in [3.05, 3.63) is 29.3 Å². The van der Waals surface area contributed by atoms with Crippen LogP contribution in [0.1, 0.15) is 102 Å². The number of Topliss-reactive ketones (excluding diaryl/α,β-unsaturated/α-hetero) is 1. The zero-order valence-electron chi connectivity index (χ0n) is 15.7. The van der Waals surface area contributed by atoms with Crippen LogP contribution >= 0.6 is 0 Å². The molecule has 1 N–H and O–H groups in total. The summed E-state index contributed by atoms with van der Waals surface area (Å²) in [4.78, 5) is 11.7. The van der Waals surface area contributed by atoms with Crippen LogP contribution in [-0.2, 0) is 10.2 Å². The summed E-state index contributed by atoms with van der Waals surface area (Å²) in [5.74, 6) is 0.922. The second-order valence-electron chi connectivity index (χ2n) is 8.15. The van der Waals surface area contributed by atoms with Gasteiger partial charge in [-0.1, -0.05) is 65.0 Å². The number of unbranched alkanes of at least 4 members (excludes halogenated alkanes) is 4. The van der Waals surface area contributed by atoms with Crippen LogP contribution in [0.15, 0.2) is 18.2 Å². The molecule has 0 bridgehead atoms. The van der Waals surface area contributed by atoms with E-state index in [0.29, 0.717) is 24.4 Å². The molecule has 1 aliphatic carbocycles. The van der Waals surface area contributed by atoms with Gasteiger partial charge in [-0.15, -0.1) is 0 Å². The fraction of sp³-hybridized carbons (Fsp3) is 0.682. The fourth-order valence-electron chi connectivity index (χ4n) is 3.91. The molecule has 1 fully saturated rings. The maximum atomic E-state index is 11.7. The molecule has 2 heteroatoms. The average molecular weight is 331 g/mol. The van der Waals surface area contributed by atoms with Crippen molar-refractivity contribution >= 4 is 5.78 Å². The lowest BCUT2D eigenvalue weighted by molar-refractivity contribution is -0.120. The van der Waals surface area contributed by atoms with E-state index < -0.39 is 0 Å². The fourth-order valence-corrected chi connectivity index (χ4v) is 3.91. The Labute approximate surface area is 147 Å². The van der Waals surface area contributed by atoms with Gasteiger partial charge >= 0.3 is 0 Å². The third-order valence-corrected chi connectivity index (χ3v) is 5.64. The van der Waals surface area contributed by atoms with Crippen LogP contribution in [0.4, 0.5) is 0 Å². The second-order valence-corrected chi connectivity index (χ2v) is 8.15. The van der Waals surface area contributed by atoms with Gasteiger partial charge in [0, 0.05) is 12.8 Å². The van der Waals surface area contributed by atoms with Gasteiger partial charge in [-0.2, -0.15) is 0 Å². The van der Waals surface area contributed by atoms with Gasteiger partial charge in [-0.3, -0.25) is 4.79 Å². The van der Waals surface area contributed by atoms with Gasteiger partial charge in [0.15, 0.2) is 0 Å². The molecule has 1 saturated carbocycles. The molecule has 0 aliphatic heterocycles. The van der Waals surface area contributed by atoms with Crippen LogP contribution in [0.2, 0.25) is 0 Å². The summed E-state index contributed by atoms with van der Waals surface area (Å²) in [6.07, 6.45) is 10.9. The van der Waals surface area contributed by atoms with Crippen molar-refractivity contribution in [2.24, 2.45) is 0 Å². The lowest BCUT2D eigenvalue weighted by Gasteiger charge is -2.27. The van der Waals surface area contributed by atoms with Gasteiger partial charge in [0.05, 0.1) is 0 Å². The van der Waals surface area contributed by atoms with E-state index in [1.54, 1.807) is 0 Å². The molecule has 1 aromatic rings. The molecule has 134 valence electrons. The third kappa shape index (κ3) is 5.09. The summed E-state index contributed by atoms with van der Waals surface area (Å²) in [5, 5.41) is 10.5. The Hall–Kier alpha value is -1.31. The molecule has 0 spiro atoms.